The van der Waals surface area contributed by atoms with Crippen LogP contribution < -0.4 is 10.2 Å². The first-order valence-corrected chi connectivity index (χ1v) is 7.51. The molecule has 0 bridgehead atoms. The van der Waals surface area contributed by atoms with Crippen molar-refractivity contribution in [1.82, 2.24) is 10.3 Å². The third-order valence-corrected chi connectivity index (χ3v) is 3.60. The fourth-order valence-corrected chi connectivity index (χ4v) is 2.53. The van der Waals surface area contributed by atoms with E-state index in [1.807, 2.05) is 38.1 Å². The third kappa shape index (κ3) is 3.28. The number of halogens is 1. The average molecular weight is 336 g/mol. The average Bonchev–Trinajstić information content (AvgIpc) is 2.44. The highest BCUT2D eigenvalue weighted by Gasteiger charge is 2.12. The first kappa shape index (κ1) is 14.8. The summed E-state index contributed by atoms with van der Waals surface area (Å²) in [6.45, 7) is 5.74. The maximum atomic E-state index is 11.8. The zero-order valence-corrected chi connectivity index (χ0v) is 13.3. The minimum Gasteiger partial charge on any atom is -0.362 e. The Balaban J connectivity index is 2.38. The number of hydrogen-bond donors (Lipinski definition) is 1. The fourth-order valence-electron chi connectivity index (χ4n) is 2.17. The van der Waals surface area contributed by atoms with Gasteiger partial charge in [0, 0.05) is 34.8 Å². The molecule has 0 fully saturated rings. The predicted molar refractivity (Wildman–Crippen MR) is 86.0 cm³/mol. The zero-order chi connectivity index (χ0) is 14.5. The van der Waals surface area contributed by atoms with E-state index in [0.29, 0.717) is 13.1 Å². The van der Waals surface area contributed by atoms with Gasteiger partial charge in [-0.25, -0.2) is 0 Å². The number of amides is 1. The molecule has 4 nitrogen and oxygen atoms in total. The molecule has 1 heterocycles. The van der Waals surface area contributed by atoms with E-state index < -0.39 is 0 Å². The van der Waals surface area contributed by atoms with Gasteiger partial charge in [0.1, 0.15) is 0 Å². The minimum atomic E-state index is 0.0364. The normalized spacial score (nSPS) is 10.6. The number of carbonyl (C=O) groups is 1. The van der Waals surface area contributed by atoms with E-state index in [9.17, 15) is 4.79 Å². The van der Waals surface area contributed by atoms with Crippen LogP contribution in [0.4, 0.5) is 5.69 Å². The SMILES string of the molecule is CCNC(=O)CN(CC)c1ccnc2ccc(Br)cc12. The minimum absolute atomic E-state index is 0.0364. The molecule has 106 valence electrons. The Bertz CT molecular complexity index is 615. The Hall–Kier alpha value is -1.62. The molecule has 0 saturated carbocycles. The Morgan fingerprint density at radius 1 is 1.35 bits per heavy atom. The lowest BCUT2D eigenvalue weighted by atomic mass is 10.1. The summed E-state index contributed by atoms with van der Waals surface area (Å²) >= 11 is 3.49. The van der Waals surface area contributed by atoms with Gasteiger partial charge < -0.3 is 10.2 Å². The van der Waals surface area contributed by atoms with Crippen LogP contribution in [0.3, 0.4) is 0 Å². The highest BCUT2D eigenvalue weighted by Crippen LogP contribution is 2.27. The highest BCUT2D eigenvalue weighted by atomic mass is 79.9. The molecular formula is C15H18BrN3O. The van der Waals surface area contributed by atoms with Crippen LogP contribution in [0.2, 0.25) is 0 Å². The molecule has 5 heteroatoms. The van der Waals surface area contributed by atoms with Crippen LogP contribution in [0.15, 0.2) is 34.9 Å². The van der Waals surface area contributed by atoms with E-state index in [0.717, 1.165) is 27.6 Å². The number of likely N-dealkylation sites (N-methyl/N-ethyl adjacent to an activating group) is 2. The van der Waals surface area contributed by atoms with E-state index in [4.69, 9.17) is 0 Å². The molecule has 20 heavy (non-hydrogen) atoms. The fraction of sp³-hybridized carbons (Fsp3) is 0.333. The van der Waals surface area contributed by atoms with Gasteiger partial charge >= 0.3 is 0 Å². The van der Waals surface area contributed by atoms with Crippen LogP contribution >= 0.6 is 15.9 Å². The summed E-state index contributed by atoms with van der Waals surface area (Å²) in [6.07, 6.45) is 1.78. The highest BCUT2D eigenvalue weighted by molar-refractivity contribution is 9.10. The number of carbonyl (C=O) groups excluding carboxylic acids is 1. The van der Waals surface area contributed by atoms with Gasteiger partial charge in [0.15, 0.2) is 0 Å². The summed E-state index contributed by atoms with van der Waals surface area (Å²) in [5, 5.41) is 3.88. The standard InChI is InChI=1S/C15H18BrN3O/c1-3-17-15(20)10-19(4-2)14-7-8-18-13-6-5-11(16)9-12(13)14/h5-9H,3-4,10H2,1-2H3,(H,17,20). The van der Waals surface area contributed by atoms with Crippen molar-refractivity contribution in [1.29, 1.82) is 0 Å². The summed E-state index contributed by atoms with van der Waals surface area (Å²) in [6, 6.07) is 7.94. The van der Waals surface area contributed by atoms with Gasteiger partial charge in [-0.05, 0) is 38.1 Å². The van der Waals surface area contributed by atoms with Crippen molar-refractivity contribution in [2.45, 2.75) is 13.8 Å². The number of hydrogen-bond acceptors (Lipinski definition) is 3. The summed E-state index contributed by atoms with van der Waals surface area (Å²) in [7, 11) is 0. The Morgan fingerprint density at radius 3 is 2.85 bits per heavy atom. The molecule has 0 unspecified atom stereocenters. The molecule has 0 aliphatic carbocycles. The molecule has 0 spiro atoms. The molecule has 0 aliphatic rings. The van der Waals surface area contributed by atoms with Crippen LogP contribution in [-0.2, 0) is 4.79 Å². The van der Waals surface area contributed by atoms with Crippen LogP contribution in [0, 0.1) is 0 Å². The number of rotatable bonds is 5. The van der Waals surface area contributed by atoms with E-state index in [-0.39, 0.29) is 5.91 Å². The van der Waals surface area contributed by atoms with E-state index in [1.54, 1.807) is 6.20 Å². The molecule has 0 saturated heterocycles. The lowest BCUT2D eigenvalue weighted by molar-refractivity contribution is -0.119. The van der Waals surface area contributed by atoms with Crippen LogP contribution in [0.1, 0.15) is 13.8 Å². The van der Waals surface area contributed by atoms with Gasteiger partial charge in [-0.15, -0.1) is 0 Å². The molecule has 1 aromatic heterocycles. The van der Waals surface area contributed by atoms with Crippen LogP contribution in [0.5, 0.6) is 0 Å². The van der Waals surface area contributed by atoms with Gasteiger partial charge in [0.2, 0.25) is 5.91 Å². The second kappa shape index (κ2) is 6.70. The van der Waals surface area contributed by atoms with Gasteiger partial charge in [-0.1, -0.05) is 15.9 Å². The molecule has 2 rings (SSSR count). The molecular weight excluding hydrogens is 318 g/mol. The molecule has 1 aromatic carbocycles. The Kier molecular flexibility index (Phi) is 4.95. The van der Waals surface area contributed by atoms with Gasteiger partial charge in [0.05, 0.1) is 12.1 Å². The van der Waals surface area contributed by atoms with Crippen molar-refractivity contribution in [2.75, 3.05) is 24.5 Å². The second-order valence-corrected chi connectivity index (χ2v) is 5.37. The van der Waals surface area contributed by atoms with Gasteiger partial charge in [-0.2, -0.15) is 0 Å². The third-order valence-electron chi connectivity index (χ3n) is 3.11. The molecule has 0 aliphatic heterocycles. The van der Waals surface area contributed by atoms with Crippen molar-refractivity contribution in [2.24, 2.45) is 0 Å². The maximum absolute atomic E-state index is 11.8. The number of nitrogens with one attached hydrogen (secondary N) is 1. The lowest BCUT2D eigenvalue weighted by Crippen LogP contribution is -2.37. The summed E-state index contributed by atoms with van der Waals surface area (Å²) in [5.74, 6) is 0.0364. The molecule has 0 radical (unpaired) electrons. The number of pyridine rings is 1. The quantitative estimate of drug-likeness (QED) is 0.913. The Morgan fingerprint density at radius 2 is 2.15 bits per heavy atom. The number of benzene rings is 1. The largest absolute Gasteiger partial charge is 0.362 e. The molecule has 2 aromatic rings. The first-order chi connectivity index (χ1) is 9.65. The number of aromatic nitrogens is 1. The topological polar surface area (TPSA) is 45.2 Å². The first-order valence-electron chi connectivity index (χ1n) is 6.71. The van der Waals surface area contributed by atoms with Crippen molar-refractivity contribution < 1.29 is 4.79 Å². The van der Waals surface area contributed by atoms with Crippen molar-refractivity contribution in [3.63, 3.8) is 0 Å². The van der Waals surface area contributed by atoms with Gasteiger partial charge in [0.25, 0.3) is 0 Å². The zero-order valence-electron chi connectivity index (χ0n) is 11.7. The lowest BCUT2D eigenvalue weighted by Gasteiger charge is -2.23. The van der Waals surface area contributed by atoms with Gasteiger partial charge in [-0.3, -0.25) is 9.78 Å². The van der Waals surface area contributed by atoms with Crippen molar-refractivity contribution >= 4 is 38.4 Å². The van der Waals surface area contributed by atoms with E-state index >= 15 is 0 Å². The van der Waals surface area contributed by atoms with Crippen LogP contribution in [0.25, 0.3) is 10.9 Å². The Labute approximate surface area is 127 Å². The van der Waals surface area contributed by atoms with E-state index in [2.05, 4.69) is 31.1 Å². The van der Waals surface area contributed by atoms with Crippen molar-refractivity contribution in [3.05, 3.63) is 34.9 Å². The maximum Gasteiger partial charge on any atom is 0.239 e. The van der Waals surface area contributed by atoms with Crippen molar-refractivity contribution in [3.8, 4) is 0 Å². The number of anilines is 1. The molecule has 0 atom stereocenters. The number of fused-ring (bicyclic) bond motifs is 1. The van der Waals surface area contributed by atoms with E-state index in [1.165, 1.54) is 0 Å². The molecule has 1 N–H and O–H groups in total. The predicted octanol–water partition coefficient (Wildman–Crippen LogP) is 2.96. The summed E-state index contributed by atoms with van der Waals surface area (Å²) in [5.41, 5.74) is 1.96. The molecule has 1 amide bonds. The van der Waals surface area contributed by atoms with Crippen LogP contribution in [-0.4, -0.2) is 30.5 Å². The summed E-state index contributed by atoms with van der Waals surface area (Å²) < 4.78 is 1.01. The monoisotopic (exact) mass is 335 g/mol. The number of nitrogens with zero attached hydrogens (tertiary/aromatic N) is 2. The summed E-state index contributed by atoms with van der Waals surface area (Å²) in [4.78, 5) is 18.2. The second-order valence-electron chi connectivity index (χ2n) is 4.46. The smallest absolute Gasteiger partial charge is 0.239 e.